The third kappa shape index (κ3) is 3.16. The fraction of sp³-hybridized carbons (Fsp3) is 0.500. The summed E-state index contributed by atoms with van der Waals surface area (Å²) in [5.74, 6) is 1.90. The summed E-state index contributed by atoms with van der Waals surface area (Å²) in [5, 5.41) is 4.56. The monoisotopic (exact) mass is 376 g/mol. The third-order valence-electron chi connectivity index (χ3n) is 3.84. The van der Waals surface area contributed by atoms with Crippen molar-refractivity contribution in [3.8, 4) is 0 Å². The molecule has 9 nitrogen and oxygen atoms in total. The SMILES string of the molecule is Cc1noc(CSc2nc(C(C)(C)C)nc3c2c(=O)n(C)c(=O)n3C)n1. The van der Waals surface area contributed by atoms with Crippen molar-refractivity contribution in [2.45, 2.75) is 43.9 Å². The second kappa shape index (κ2) is 6.35. The molecular weight excluding hydrogens is 356 g/mol. The van der Waals surface area contributed by atoms with Crippen molar-refractivity contribution in [2.24, 2.45) is 14.1 Å². The largest absolute Gasteiger partial charge is 0.338 e. The molecule has 0 amide bonds. The summed E-state index contributed by atoms with van der Waals surface area (Å²) in [4.78, 5) is 38.3. The van der Waals surface area contributed by atoms with Gasteiger partial charge in [0, 0.05) is 19.5 Å². The highest BCUT2D eigenvalue weighted by molar-refractivity contribution is 7.98. The van der Waals surface area contributed by atoms with E-state index in [9.17, 15) is 9.59 Å². The summed E-state index contributed by atoms with van der Waals surface area (Å²) < 4.78 is 7.56. The first kappa shape index (κ1) is 18.3. The van der Waals surface area contributed by atoms with E-state index in [1.165, 1.54) is 23.4 Å². The first-order valence-corrected chi connectivity index (χ1v) is 8.98. The molecule has 138 valence electrons. The van der Waals surface area contributed by atoms with Crippen LogP contribution in [0.25, 0.3) is 11.0 Å². The number of aryl methyl sites for hydroxylation is 2. The Balaban J connectivity index is 2.24. The predicted molar refractivity (Wildman–Crippen MR) is 97.3 cm³/mol. The van der Waals surface area contributed by atoms with Crippen LogP contribution in [0.1, 0.15) is 38.3 Å². The first-order valence-electron chi connectivity index (χ1n) is 8.00. The molecule has 3 heterocycles. The Morgan fingerprint density at radius 1 is 1.08 bits per heavy atom. The van der Waals surface area contributed by atoms with Gasteiger partial charge in [-0.1, -0.05) is 37.7 Å². The van der Waals surface area contributed by atoms with Gasteiger partial charge in [0.1, 0.15) is 16.2 Å². The molecule has 3 aromatic rings. The van der Waals surface area contributed by atoms with Gasteiger partial charge in [-0.25, -0.2) is 14.8 Å². The number of rotatable bonds is 3. The lowest BCUT2D eigenvalue weighted by atomic mass is 9.96. The number of thioether (sulfide) groups is 1. The van der Waals surface area contributed by atoms with Crippen molar-refractivity contribution in [3.05, 3.63) is 38.4 Å². The molecule has 0 N–H and O–H groups in total. The third-order valence-corrected chi connectivity index (χ3v) is 4.80. The van der Waals surface area contributed by atoms with Crippen LogP contribution in [0.5, 0.6) is 0 Å². The number of nitrogens with zero attached hydrogens (tertiary/aromatic N) is 6. The molecule has 26 heavy (non-hydrogen) atoms. The molecule has 0 spiro atoms. The predicted octanol–water partition coefficient (Wildman–Crippen LogP) is 1.31. The fourth-order valence-electron chi connectivity index (χ4n) is 2.40. The molecule has 0 bridgehead atoms. The van der Waals surface area contributed by atoms with Crippen LogP contribution < -0.4 is 11.2 Å². The van der Waals surface area contributed by atoms with Crippen molar-refractivity contribution >= 4 is 22.8 Å². The summed E-state index contributed by atoms with van der Waals surface area (Å²) in [7, 11) is 3.04. The number of aromatic nitrogens is 6. The van der Waals surface area contributed by atoms with Crippen molar-refractivity contribution in [3.63, 3.8) is 0 Å². The van der Waals surface area contributed by atoms with Crippen LogP contribution in [-0.2, 0) is 25.3 Å². The van der Waals surface area contributed by atoms with Gasteiger partial charge in [0.2, 0.25) is 5.89 Å². The maximum absolute atomic E-state index is 12.7. The zero-order valence-corrected chi connectivity index (χ0v) is 16.3. The Bertz CT molecular complexity index is 1110. The van der Waals surface area contributed by atoms with E-state index in [4.69, 9.17) is 4.52 Å². The minimum atomic E-state index is -0.426. The second-order valence-corrected chi connectivity index (χ2v) is 7.99. The standard InChI is InChI=1S/C16H20N6O3S/c1-8-17-9(25-20-8)7-26-12-10-11(18-14(19-12)16(2,3)4)21(5)15(24)22(6)13(10)23/h7H2,1-6H3. The Labute approximate surface area is 153 Å². The van der Waals surface area contributed by atoms with Gasteiger partial charge in [-0.05, 0) is 6.92 Å². The molecule has 0 aliphatic rings. The molecule has 0 unspecified atom stereocenters. The molecule has 0 fully saturated rings. The van der Waals surface area contributed by atoms with Crippen LogP contribution in [0.2, 0.25) is 0 Å². The average molecular weight is 376 g/mol. The van der Waals surface area contributed by atoms with E-state index >= 15 is 0 Å². The van der Waals surface area contributed by atoms with Gasteiger partial charge < -0.3 is 4.52 Å². The highest BCUT2D eigenvalue weighted by Crippen LogP contribution is 2.28. The van der Waals surface area contributed by atoms with E-state index in [1.54, 1.807) is 14.0 Å². The van der Waals surface area contributed by atoms with Crippen molar-refractivity contribution in [1.82, 2.24) is 29.2 Å². The molecule has 0 atom stereocenters. The average Bonchev–Trinajstić information content (AvgIpc) is 3.00. The fourth-order valence-corrected chi connectivity index (χ4v) is 3.25. The van der Waals surface area contributed by atoms with Gasteiger partial charge in [-0.3, -0.25) is 13.9 Å². The second-order valence-electron chi connectivity index (χ2n) is 7.03. The molecule has 0 aromatic carbocycles. The number of hydrogen-bond acceptors (Lipinski definition) is 8. The van der Waals surface area contributed by atoms with Gasteiger partial charge in [0.25, 0.3) is 5.56 Å². The molecule has 10 heteroatoms. The van der Waals surface area contributed by atoms with Gasteiger partial charge in [-0.2, -0.15) is 4.98 Å². The summed E-state index contributed by atoms with van der Waals surface area (Å²) in [5.41, 5.74) is -0.874. The van der Waals surface area contributed by atoms with Crippen molar-refractivity contribution in [2.75, 3.05) is 0 Å². The van der Waals surface area contributed by atoms with Gasteiger partial charge in [0.15, 0.2) is 11.5 Å². The van der Waals surface area contributed by atoms with E-state index in [0.717, 1.165) is 4.57 Å². The molecule has 0 aliphatic heterocycles. The summed E-state index contributed by atoms with van der Waals surface area (Å²) in [6.07, 6.45) is 0. The van der Waals surface area contributed by atoms with Crippen LogP contribution in [0.4, 0.5) is 0 Å². The van der Waals surface area contributed by atoms with Gasteiger partial charge in [0.05, 0.1) is 5.75 Å². The molecule has 3 aromatic heterocycles. The summed E-state index contributed by atoms with van der Waals surface area (Å²) in [6, 6.07) is 0. The quantitative estimate of drug-likeness (QED) is 0.497. The lowest BCUT2D eigenvalue weighted by molar-refractivity contribution is 0.387. The van der Waals surface area contributed by atoms with E-state index < -0.39 is 11.2 Å². The van der Waals surface area contributed by atoms with Gasteiger partial charge in [-0.15, -0.1) is 0 Å². The summed E-state index contributed by atoms with van der Waals surface area (Å²) >= 11 is 1.31. The Morgan fingerprint density at radius 3 is 2.35 bits per heavy atom. The van der Waals surface area contributed by atoms with Crippen LogP contribution in [0.3, 0.4) is 0 Å². The highest BCUT2D eigenvalue weighted by atomic mass is 32.2. The van der Waals surface area contributed by atoms with Crippen LogP contribution in [0, 0.1) is 6.92 Å². The van der Waals surface area contributed by atoms with Gasteiger partial charge >= 0.3 is 5.69 Å². The van der Waals surface area contributed by atoms with E-state index in [1.807, 2.05) is 20.8 Å². The van der Waals surface area contributed by atoms with Crippen molar-refractivity contribution in [1.29, 1.82) is 0 Å². The van der Waals surface area contributed by atoms with E-state index in [-0.39, 0.29) is 5.41 Å². The van der Waals surface area contributed by atoms with Crippen molar-refractivity contribution < 1.29 is 4.52 Å². The molecule has 3 rings (SSSR count). The minimum absolute atomic E-state index is 0.309. The molecule has 0 saturated heterocycles. The Morgan fingerprint density at radius 2 is 1.77 bits per heavy atom. The van der Waals surface area contributed by atoms with Crippen LogP contribution in [-0.4, -0.2) is 29.2 Å². The van der Waals surface area contributed by atoms with Crippen LogP contribution >= 0.6 is 11.8 Å². The minimum Gasteiger partial charge on any atom is -0.338 e. The number of fused-ring (bicyclic) bond motifs is 1. The lowest BCUT2D eigenvalue weighted by Crippen LogP contribution is -2.38. The Kier molecular flexibility index (Phi) is 4.47. The molecule has 0 saturated carbocycles. The highest BCUT2D eigenvalue weighted by Gasteiger charge is 2.24. The topological polar surface area (TPSA) is 109 Å². The lowest BCUT2D eigenvalue weighted by Gasteiger charge is -2.19. The summed E-state index contributed by atoms with van der Waals surface area (Å²) in [6.45, 7) is 7.66. The number of hydrogen-bond donors (Lipinski definition) is 0. The zero-order chi connectivity index (χ0) is 19.2. The van der Waals surface area contributed by atoms with E-state index in [2.05, 4.69) is 20.1 Å². The van der Waals surface area contributed by atoms with E-state index in [0.29, 0.717) is 39.4 Å². The molecule has 0 aliphatic carbocycles. The first-order chi connectivity index (χ1) is 12.1. The molecule has 0 radical (unpaired) electrons. The maximum Gasteiger partial charge on any atom is 0.332 e. The smallest absolute Gasteiger partial charge is 0.332 e. The maximum atomic E-state index is 12.7. The normalized spacial score (nSPS) is 12.1. The Hall–Kier alpha value is -2.49. The molecular formula is C16H20N6O3S. The zero-order valence-electron chi connectivity index (χ0n) is 15.5. The van der Waals surface area contributed by atoms with Crippen LogP contribution in [0.15, 0.2) is 19.1 Å².